The minimum atomic E-state index is -2.14. The monoisotopic (exact) mass is 2100 g/mol. The molecular weight excluding hydrogens is 1970 g/mol. The zero-order chi connectivity index (χ0) is 109. The fourth-order valence-electron chi connectivity index (χ4n) is 16.4. The van der Waals surface area contributed by atoms with Gasteiger partial charge in [0.2, 0.25) is 106 Å². The number of thioether (sulfide) groups is 1. The number of carboxylic acid groups (broad SMARTS) is 6. The quantitative estimate of drug-likeness (QED) is 0.0176. The molecule has 0 aliphatic carbocycles. The first kappa shape index (κ1) is 118. The highest BCUT2D eigenvalue weighted by atomic mass is 32.2. The highest BCUT2D eigenvalue weighted by Crippen LogP contribution is 2.25. The van der Waals surface area contributed by atoms with Gasteiger partial charge in [-0.2, -0.15) is 11.8 Å². The number of nitrogens with zero attached hydrogens (tertiary/aromatic N) is 1. The molecule has 8 rings (SSSR count). The van der Waals surface area contributed by atoms with Crippen LogP contribution in [0.25, 0.3) is 21.8 Å². The van der Waals surface area contributed by atoms with Crippen molar-refractivity contribution in [3.8, 4) is 5.75 Å². The fraction of sp³-hybridized carbons (Fsp3) is 0.464. The Morgan fingerprint density at radius 1 is 0.396 bits per heavy atom. The molecule has 2 saturated heterocycles. The van der Waals surface area contributed by atoms with E-state index in [0.717, 1.165) is 6.92 Å². The van der Waals surface area contributed by atoms with Gasteiger partial charge in [0.05, 0.1) is 19.5 Å². The third-order valence-electron chi connectivity index (χ3n) is 24.2. The highest BCUT2D eigenvalue weighted by Gasteiger charge is 2.42. The number of aromatic amines is 2. The number of rotatable bonds is 62. The summed E-state index contributed by atoms with van der Waals surface area (Å²) in [6.07, 6.45) is -5.89. The lowest BCUT2D eigenvalue weighted by Gasteiger charge is -2.29. The number of carbonyl (C=O) groups is 24. The van der Waals surface area contributed by atoms with Gasteiger partial charge in [0.25, 0.3) is 0 Å². The van der Waals surface area contributed by atoms with E-state index in [9.17, 15) is 151 Å². The van der Waals surface area contributed by atoms with Crippen molar-refractivity contribution < 1.29 is 151 Å². The Hall–Kier alpha value is -16.6. The maximum Gasteiger partial charge on any atom is 0.305 e. The number of hydrogen-bond acceptors (Lipinski definition) is 26. The number of hydrogen-bond donors (Lipinski definition) is 26. The van der Waals surface area contributed by atoms with Gasteiger partial charge in [0.15, 0.2) is 0 Å². The van der Waals surface area contributed by atoms with Gasteiger partial charge in [-0.05, 0) is 136 Å². The van der Waals surface area contributed by atoms with Crippen molar-refractivity contribution in [3.05, 3.63) is 138 Å². The molecule has 15 atom stereocenters. The van der Waals surface area contributed by atoms with Gasteiger partial charge < -0.3 is 141 Å². The molecule has 51 nitrogen and oxygen atoms in total. The minimum Gasteiger partial charge on any atom is -0.508 e. The van der Waals surface area contributed by atoms with Crippen molar-refractivity contribution in [1.29, 1.82) is 0 Å². The second kappa shape index (κ2) is 57.9. The summed E-state index contributed by atoms with van der Waals surface area (Å²) in [5, 5.41) is 109. The van der Waals surface area contributed by atoms with Crippen LogP contribution in [-0.4, -0.2) is 315 Å². The lowest BCUT2D eigenvalue weighted by atomic mass is 9.99. The van der Waals surface area contributed by atoms with Crippen molar-refractivity contribution in [1.82, 2.24) is 99.9 Å². The molecule has 149 heavy (non-hydrogen) atoms. The molecule has 6 aromatic rings. The predicted molar refractivity (Wildman–Crippen MR) is 527 cm³/mol. The van der Waals surface area contributed by atoms with E-state index in [1.54, 1.807) is 111 Å². The summed E-state index contributed by atoms with van der Waals surface area (Å²) in [7, 11) is 0. The standard InChI is InChI=1S/C97H124N20O31S/c1-49(2)39-68(114-95(146)71(43-54-46-100-59-18-11-9-16-57(54)59)116-97(148)73-19-12-37-117(73)76(121)48-102-85(136)60-24-30-74(119)104-60)93(144)110-65(29-35-81(130)131)91(142)109-64(28-34-80(128)129)90(141)108-63(27-33-79(126)127)89(140)107-62(26-32-78(124)125)88(139)106-61(25-31-77(122)123)87(138)103-50(3)84(135)113-69(41-52-20-22-55(118)23-21-52)86(137)101-47-75(120)105-70(42-53-45-99-58-17-10-8-15-56(53)58)94(145)111-66(36-38-149-4)92(143)115-72(44-82(132)133)96(147)112-67(83(98)134)40-51-13-6-5-7-14-51/h5-11,13-18,20-23,45-46,49-50,60-73,99-100,118H,12,19,24-44,47-48H2,1-4H3,(H2,98,134)(H,101,137)(H,102,136)(H,103,138)(H,104,119)(H,105,120)(H,106,139)(H,107,140)(H,108,141)(H,109,142)(H,110,144)(H,111,145)(H,112,147)(H,113,135)(H,114,146)(H,115,143)(H,116,148)(H,122,123)(H,124,125)(H,126,127)(H,128,129)(H,130,131)(H,132,133). The molecule has 4 heterocycles. The Labute approximate surface area is 855 Å². The molecular formula is C97H124N20O31S. The second-order valence-corrected chi connectivity index (χ2v) is 37.1. The number of aliphatic carboxylic acids is 6. The number of H-pyrrole nitrogens is 2. The smallest absolute Gasteiger partial charge is 0.305 e. The number of amides is 18. The van der Waals surface area contributed by atoms with Crippen LogP contribution in [0.5, 0.6) is 5.75 Å². The summed E-state index contributed by atoms with van der Waals surface area (Å²) >= 11 is 1.24. The van der Waals surface area contributed by atoms with E-state index >= 15 is 0 Å². The Bertz CT molecular complexity index is 5880. The third kappa shape index (κ3) is 38.4. The first-order chi connectivity index (χ1) is 70.7. The van der Waals surface area contributed by atoms with Gasteiger partial charge >= 0.3 is 35.8 Å². The zero-order valence-electron chi connectivity index (χ0n) is 81.7. The molecule has 0 bridgehead atoms. The van der Waals surface area contributed by atoms with E-state index in [4.69, 9.17) is 5.73 Å². The van der Waals surface area contributed by atoms with Crippen molar-refractivity contribution >= 4 is 176 Å². The summed E-state index contributed by atoms with van der Waals surface area (Å²) in [6.45, 7) is 2.92. The highest BCUT2D eigenvalue weighted by molar-refractivity contribution is 7.98. The first-order valence-electron chi connectivity index (χ1n) is 47.8. The van der Waals surface area contributed by atoms with Crippen LogP contribution in [0.1, 0.15) is 152 Å². The molecule has 2 aliphatic rings. The Kier molecular flexibility index (Phi) is 45.7. The number of phenolic OH excluding ortho intramolecular Hbond substituents is 1. The third-order valence-corrected chi connectivity index (χ3v) is 24.8. The van der Waals surface area contributed by atoms with Crippen molar-refractivity contribution in [2.45, 2.75) is 246 Å². The molecule has 2 aliphatic heterocycles. The molecule has 27 N–H and O–H groups in total. The number of para-hydroxylation sites is 2. The van der Waals surface area contributed by atoms with Gasteiger partial charge in [-0.25, -0.2) is 0 Å². The lowest BCUT2D eigenvalue weighted by molar-refractivity contribution is -0.141. The number of carbonyl (C=O) groups excluding carboxylic acids is 18. The van der Waals surface area contributed by atoms with E-state index in [0.29, 0.717) is 44.9 Å². The maximum absolute atomic E-state index is 14.9. The number of aromatic nitrogens is 2. The van der Waals surface area contributed by atoms with Crippen molar-refractivity contribution in [2.75, 3.05) is 31.6 Å². The molecule has 18 amide bonds. The fourth-order valence-corrected chi connectivity index (χ4v) is 16.8. The van der Waals surface area contributed by atoms with Gasteiger partial charge in [-0.15, -0.1) is 0 Å². The van der Waals surface area contributed by atoms with E-state index in [2.05, 4.69) is 95.0 Å². The average molecular weight is 2100 g/mol. The number of benzene rings is 4. The van der Waals surface area contributed by atoms with Crippen LogP contribution < -0.4 is 90.8 Å². The number of nitrogens with two attached hydrogens (primary N) is 1. The average Bonchev–Trinajstić information content (AvgIpc) is 1.87. The number of nitrogens with one attached hydrogen (secondary N) is 18. The van der Waals surface area contributed by atoms with E-state index in [1.807, 2.05) is 0 Å². The van der Waals surface area contributed by atoms with E-state index in [1.165, 1.54) is 40.9 Å². The molecule has 15 unspecified atom stereocenters. The molecule has 804 valence electrons. The molecule has 0 saturated carbocycles. The summed E-state index contributed by atoms with van der Waals surface area (Å²) < 4.78 is 0. The Balaban J connectivity index is 0.957. The van der Waals surface area contributed by atoms with Gasteiger partial charge in [0.1, 0.15) is 96.4 Å². The molecule has 52 heteroatoms. The Morgan fingerprint density at radius 2 is 0.785 bits per heavy atom. The number of aromatic hydroxyl groups is 1. The minimum absolute atomic E-state index is 0.0743. The number of likely N-dealkylation sites (tertiary alicyclic amines) is 1. The van der Waals surface area contributed by atoms with Crippen LogP contribution in [0.3, 0.4) is 0 Å². The molecule has 0 radical (unpaired) electrons. The predicted octanol–water partition coefficient (Wildman–Crippen LogP) is -3.47. The molecule has 0 spiro atoms. The second-order valence-electron chi connectivity index (χ2n) is 36.1. The van der Waals surface area contributed by atoms with Crippen LogP contribution in [-0.2, 0) is 141 Å². The van der Waals surface area contributed by atoms with Crippen LogP contribution in [0.2, 0.25) is 0 Å². The van der Waals surface area contributed by atoms with E-state index < -0.39 is 323 Å². The molecule has 2 aromatic heterocycles. The summed E-state index contributed by atoms with van der Waals surface area (Å²) in [5.74, 6) is -29.2. The number of primary amides is 1. The van der Waals surface area contributed by atoms with Gasteiger partial charge in [-0.3, -0.25) is 115 Å². The zero-order valence-corrected chi connectivity index (χ0v) is 82.6. The lowest BCUT2D eigenvalue weighted by Crippen LogP contribution is -2.61. The SMILES string of the molecule is CSCCC(NC(=O)C(Cc1c[nH]c2ccccc12)NC(=O)CNC(=O)C(Cc1ccc(O)cc1)NC(=O)C(C)NC(=O)C(CCC(=O)O)NC(=O)C(CCC(=O)O)NC(=O)C(CCC(=O)O)NC(=O)C(CCC(=O)O)NC(=O)C(CCC(=O)O)NC(=O)C(CC(C)C)NC(=O)C(Cc1c[nH]c2ccccc12)NC(=O)C1CCCN1C(=O)CNC(=O)C1CCC(=O)N1)C(=O)NC(CC(=O)O)C(=O)NC(Cc1ccccc1)C(N)=O. The normalized spacial score (nSPS) is 15.7. The van der Waals surface area contributed by atoms with Crippen LogP contribution in [0, 0.1) is 5.92 Å². The van der Waals surface area contributed by atoms with E-state index in [-0.39, 0.29) is 80.9 Å². The van der Waals surface area contributed by atoms with Crippen LogP contribution in [0.15, 0.2) is 116 Å². The largest absolute Gasteiger partial charge is 0.508 e. The van der Waals surface area contributed by atoms with Crippen molar-refractivity contribution in [2.24, 2.45) is 11.7 Å². The molecule has 4 aromatic carbocycles. The topological polar surface area (TPSA) is 805 Å². The number of phenols is 1. The molecule has 2 fully saturated rings. The summed E-state index contributed by atoms with van der Waals surface area (Å²) in [4.78, 5) is 334. The first-order valence-corrected chi connectivity index (χ1v) is 49.2. The summed E-state index contributed by atoms with van der Waals surface area (Å²) in [6, 6.07) is 1.84. The van der Waals surface area contributed by atoms with Crippen LogP contribution >= 0.6 is 11.8 Å². The maximum atomic E-state index is 14.9. The number of carboxylic acids is 6. The summed E-state index contributed by atoms with van der Waals surface area (Å²) in [5.41, 5.74) is 8.66. The van der Waals surface area contributed by atoms with Gasteiger partial charge in [0, 0.05) is 105 Å². The van der Waals surface area contributed by atoms with Crippen molar-refractivity contribution in [3.63, 3.8) is 0 Å². The Morgan fingerprint density at radius 3 is 1.23 bits per heavy atom. The number of fused-ring (bicyclic) bond motifs is 2. The van der Waals surface area contributed by atoms with Gasteiger partial charge in [-0.1, -0.05) is 92.7 Å². The van der Waals surface area contributed by atoms with Crippen LogP contribution in [0.4, 0.5) is 0 Å².